The normalized spacial score (nSPS) is 20.1. The molecule has 2 unspecified atom stereocenters. The van der Waals surface area contributed by atoms with Crippen LogP contribution in [0.15, 0.2) is 42.5 Å². The molecule has 0 heterocycles. The number of hydrogen-bond acceptors (Lipinski definition) is 2. The number of halogens is 1. The largest absolute Gasteiger partial charge is 0.497 e. The summed E-state index contributed by atoms with van der Waals surface area (Å²) in [5.41, 5.74) is 2.25. The second kappa shape index (κ2) is 5.32. The first kappa shape index (κ1) is 13.8. The number of carbonyl (C=O) groups excluding carboxylic acids is 1. The number of hydrogen-bond donors (Lipinski definition) is 0. The van der Waals surface area contributed by atoms with Gasteiger partial charge in [0.15, 0.2) is 5.78 Å². The summed E-state index contributed by atoms with van der Waals surface area (Å²) in [5.74, 6) is 0.890. The summed E-state index contributed by atoms with van der Waals surface area (Å²) in [6.07, 6.45) is 0.850. The number of Topliss-reactive ketones (excluding diaryl/α,β-unsaturated/α-hetero) is 1. The molecule has 21 heavy (non-hydrogen) atoms. The van der Waals surface area contributed by atoms with E-state index in [9.17, 15) is 9.18 Å². The molecule has 2 atom stereocenters. The van der Waals surface area contributed by atoms with Gasteiger partial charge in [-0.1, -0.05) is 12.1 Å². The van der Waals surface area contributed by atoms with Crippen LogP contribution in [0.1, 0.15) is 33.8 Å². The molecule has 0 saturated heterocycles. The van der Waals surface area contributed by atoms with Gasteiger partial charge in [0.05, 0.1) is 7.11 Å². The maximum Gasteiger partial charge on any atom is 0.166 e. The summed E-state index contributed by atoms with van der Waals surface area (Å²) in [6.45, 7) is 1.68. The van der Waals surface area contributed by atoms with Crippen LogP contribution in [0.2, 0.25) is 0 Å². The SMILES string of the molecule is COc1cccc(C2CC2C(=O)c2ccc(F)c(C)c2)c1. The van der Waals surface area contributed by atoms with E-state index in [1.807, 2.05) is 24.3 Å². The van der Waals surface area contributed by atoms with Crippen molar-refractivity contribution in [3.05, 3.63) is 65.0 Å². The van der Waals surface area contributed by atoms with Crippen LogP contribution in [-0.4, -0.2) is 12.9 Å². The highest BCUT2D eigenvalue weighted by Crippen LogP contribution is 2.49. The summed E-state index contributed by atoms with van der Waals surface area (Å²) in [5, 5.41) is 0. The van der Waals surface area contributed by atoms with Crippen LogP contribution in [0, 0.1) is 18.7 Å². The van der Waals surface area contributed by atoms with Crippen molar-refractivity contribution >= 4 is 5.78 Å². The van der Waals surface area contributed by atoms with Crippen molar-refractivity contribution in [2.45, 2.75) is 19.3 Å². The van der Waals surface area contributed by atoms with Crippen molar-refractivity contribution in [2.24, 2.45) is 5.92 Å². The Kier molecular flexibility index (Phi) is 3.50. The quantitative estimate of drug-likeness (QED) is 0.789. The van der Waals surface area contributed by atoms with E-state index in [1.165, 1.54) is 6.07 Å². The summed E-state index contributed by atoms with van der Waals surface area (Å²) < 4.78 is 18.5. The van der Waals surface area contributed by atoms with E-state index >= 15 is 0 Å². The summed E-state index contributed by atoms with van der Waals surface area (Å²) in [7, 11) is 1.63. The summed E-state index contributed by atoms with van der Waals surface area (Å²) in [6, 6.07) is 12.4. The molecule has 3 heteroatoms. The van der Waals surface area contributed by atoms with Gasteiger partial charge in [-0.3, -0.25) is 4.79 Å². The zero-order chi connectivity index (χ0) is 15.0. The van der Waals surface area contributed by atoms with E-state index in [1.54, 1.807) is 26.2 Å². The van der Waals surface area contributed by atoms with Crippen LogP contribution in [0.5, 0.6) is 5.75 Å². The minimum absolute atomic E-state index is 0.00182. The molecule has 2 aromatic rings. The summed E-state index contributed by atoms with van der Waals surface area (Å²) >= 11 is 0. The van der Waals surface area contributed by atoms with Crippen molar-refractivity contribution in [2.75, 3.05) is 7.11 Å². The van der Waals surface area contributed by atoms with Crippen LogP contribution in [0.4, 0.5) is 4.39 Å². The standard InChI is InChI=1S/C18H17FO2/c1-11-8-13(6-7-17(11)19)18(20)16-10-15(16)12-4-3-5-14(9-12)21-2/h3-9,15-16H,10H2,1-2H3. The molecule has 1 aliphatic carbocycles. The van der Waals surface area contributed by atoms with Gasteiger partial charge in [-0.2, -0.15) is 0 Å². The lowest BCUT2D eigenvalue weighted by molar-refractivity contribution is 0.0965. The Morgan fingerprint density at radius 1 is 1.24 bits per heavy atom. The minimum atomic E-state index is -0.272. The molecule has 0 aliphatic heterocycles. The Morgan fingerprint density at radius 2 is 2.05 bits per heavy atom. The monoisotopic (exact) mass is 284 g/mol. The second-order valence-corrected chi connectivity index (χ2v) is 5.55. The number of aryl methyl sites for hydroxylation is 1. The molecule has 0 radical (unpaired) electrons. The van der Waals surface area contributed by atoms with Crippen molar-refractivity contribution in [3.63, 3.8) is 0 Å². The lowest BCUT2D eigenvalue weighted by Crippen LogP contribution is -2.04. The van der Waals surface area contributed by atoms with Crippen molar-refractivity contribution in [1.29, 1.82) is 0 Å². The molecule has 3 rings (SSSR count). The van der Waals surface area contributed by atoms with Gasteiger partial charge in [0.25, 0.3) is 0 Å². The molecule has 1 aliphatic rings. The number of methoxy groups -OCH3 is 1. The maximum absolute atomic E-state index is 13.3. The van der Waals surface area contributed by atoms with E-state index in [0.29, 0.717) is 11.1 Å². The number of rotatable bonds is 4. The average Bonchev–Trinajstić information content (AvgIpc) is 3.30. The molecular weight excluding hydrogens is 267 g/mol. The van der Waals surface area contributed by atoms with Crippen LogP contribution in [-0.2, 0) is 0 Å². The van der Waals surface area contributed by atoms with Gasteiger partial charge in [0, 0.05) is 11.5 Å². The molecule has 0 bridgehead atoms. The predicted octanol–water partition coefficient (Wildman–Crippen LogP) is 4.13. The highest BCUT2D eigenvalue weighted by Gasteiger charge is 2.44. The fourth-order valence-electron chi connectivity index (χ4n) is 2.74. The Labute approximate surface area is 123 Å². The predicted molar refractivity (Wildman–Crippen MR) is 79.3 cm³/mol. The first-order valence-electron chi connectivity index (χ1n) is 7.04. The fourth-order valence-corrected chi connectivity index (χ4v) is 2.74. The van der Waals surface area contributed by atoms with Crippen LogP contribution in [0.3, 0.4) is 0 Å². The molecule has 0 amide bonds. The van der Waals surface area contributed by atoms with E-state index in [4.69, 9.17) is 4.74 Å². The third kappa shape index (κ3) is 2.68. The van der Waals surface area contributed by atoms with Gasteiger partial charge in [-0.15, -0.1) is 0 Å². The first-order valence-corrected chi connectivity index (χ1v) is 7.04. The molecule has 1 fully saturated rings. The van der Waals surface area contributed by atoms with Gasteiger partial charge < -0.3 is 4.74 Å². The lowest BCUT2D eigenvalue weighted by atomic mass is 10.0. The molecule has 0 spiro atoms. The number of ether oxygens (including phenoxy) is 1. The van der Waals surface area contributed by atoms with Crippen LogP contribution in [0.25, 0.3) is 0 Å². The Bertz CT molecular complexity index is 693. The van der Waals surface area contributed by atoms with Crippen molar-refractivity contribution in [1.82, 2.24) is 0 Å². The molecule has 2 nitrogen and oxygen atoms in total. The highest BCUT2D eigenvalue weighted by atomic mass is 19.1. The van der Waals surface area contributed by atoms with E-state index in [0.717, 1.165) is 17.7 Å². The van der Waals surface area contributed by atoms with Crippen LogP contribution >= 0.6 is 0 Å². The molecule has 2 aromatic carbocycles. The van der Waals surface area contributed by atoms with Gasteiger partial charge in [0.2, 0.25) is 0 Å². The molecule has 0 N–H and O–H groups in total. The zero-order valence-corrected chi connectivity index (χ0v) is 12.1. The fraction of sp³-hybridized carbons (Fsp3) is 0.278. The van der Waals surface area contributed by atoms with Gasteiger partial charge in [0.1, 0.15) is 11.6 Å². The molecule has 0 aromatic heterocycles. The third-order valence-corrected chi connectivity index (χ3v) is 4.09. The lowest BCUT2D eigenvalue weighted by Gasteiger charge is -2.05. The van der Waals surface area contributed by atoms with E-state index in [-0.39, 0.29) is 23.4 Å². The third-order valence-electron chi connectivity index (χ3n) is 4.09. The van der Waals surface area contributed by atoms with Gasteiger partial charge in [-0.25, -0.2) is 4.39 Å². The number of benzene rings is 2. The highest BCUT2D eigenvalue weighted by molar-refractivity contribution is 6.00. The Hall–Kier alpha value is -2.16. The number of carbonyl (C=O) groups is 1. The number of ketones is 1. The van der Waals surface area contributed by atoms with Gasteiger partial charge >= 0.3 is 0 Å². The van der Waals surface area contributed by atoms with Gasteiger partial charge in [-0.05, 0) is 60.7 Å². The first-order chi connectivity index (χ1) is 10.1. The smallest absolute Gasteiger partial charge is 0.166 e. The Balaban J connectivity index is 1.77. The topological polar surface area (TPSA) is 26.3 Å². The molecule has 108 valence electrons. The molecular formula is C18H17FO2. The van der Waals surface area contributed by atoms with Crippen molar-refractivity contribution < 1.29 is 13.9 Å². The maximum atomic E-state index is 13.3. The van der Waals surface area contributed by atoms with Crippen LogP contribution < -0.4 is 4.74 Å². The average molecular weight is 284 g/mol. The minimum Gasteiger partial charge on any atom is -0.497 e. The molecule has 1 saturated carbocycles. The summed E-state index contributed by atoms with van der Waals surface area (Å²) in [4.78, 5) is 12.5. The second-order valence-electron chi connectivity index (χ2n) is 5.55. The van der Waals surface area contributed by atoms with Crippen molar-refractivity contribution in [3.8, 4) is 5.75 Å². The van der Waals surface area contributed by atoms with E-state index in [2.05, 4.69) is 0 Å². The van der Waals surface area contributed by atoms with E-state index < -0.39 is 0 Å². The zero-order valence-electron chi connectivity index (χ0n) is 12.1. The Morgan fingerprint density at radius 3 is 2.76 bits per heavy atom.